The Morgan fingerprint density at radius 1 is 1.26 bits per heavy atom. The average molecular weight is 391 g/mol. The van der Waals surface area contributed by atoms with Gasteiger partial charge in [-0.25, -0.2) is 27.9 Å². The first-order valence-electron chi connectivity index (χ1n) is 8.47. The molecular weight excluding hydrogens is 370 g/mol. The van der Waals surface area contributed by atoms with Gasteiger partial charge in [-0.1, -0.05) is 6.07 Å². The molecule has 0 radical (unpaired) electrons. The van der Waals surface area contributed by atoms with Crippen LogP contribution in [0.15, 0.2) is 42.7 Å². The molecule has 1 fully saturated rings. The smallest absolute Gasteiger partial charge is 0.321 e. The van der Waals surface area contributed by atoms with Crippen molar-refractivity contribution < 1.29 is 17.9 Å². The van der Waals surface area contributed by atoms with Gasteiger partial charge in [0.05, 0.1) is 6.26 Å². The minimum atomic E-state index is -3.30. The Morgan fingerprint density at radius 2 is 2.04 bits per heavy atom. The first-order chi connectivity index (χ1) is 12.9. The van der Waals surface area contributed by atoms with E-state index in [1.807, 2.05) is 0 Å². The predicted molar refractivity (Wildman–Crippen MR) is 100 cm³/mol. The summed E-state index contributed by atoms with van der Waals surface area (Å²) in [6.07, 6.45) is 5.71. The van der Waals surface area contributed by atoms with Crippen LogP contribution in [-0.4, -0.2) is 54.7 Å². The number of carbonyl (C=O) groups excluding carboxylic acids is 1. The molecule has 2 amide bonds. The molecule has 27 heavy (non-hydrogen) atoms. The van der Waals surface area contributed by atoms with Gasteiger partial charge in [-0.3, -0.25) is 0 Å². The van der Waals surface area contributed by atoms with Gasteiger partial charge < -0.3 is 15.0 Å². The zero-order valence-electron chi connectivity index (χ0n) is 14.8. The normalized spacial score (nSPS) is 17.4. The summed E-state index contributed by atoms with van der Waals surface area (Å²) in [4.78, 5) is 22.1. The molecule has 1 atom stereocenters. The lowest BCUT2D eigenvalue weighted by Crippen LogP contribution is -2.50. The van der Waals surface area contributed by atoms with Gasteiger partial charge in [-0.05, 0) is 31.0 Å². The quantitative estimate of drug-likeness (QED) is 0.804. The first-order valence-corrected chi connectivity index (χ1v) is 10.4. The van der Waals surface area contributed by atoms with E-state index in [1.54, 1.807) is 47.6 Å². The Hall–Kier alpha value is -2.72. The number of likely N-dealkylation sites (tertiary alicyclic amines) is 1. The summed E-state index contributed by atoms with van der Waals surface area (Å²) in [5, 5.41) is 2.81. The van der Waals surface area contributed by atoms with Gasteiger partial charge in [0.2, 0.25) is 10.0 Å². The fraction of sp³-hybridized carbons (Fsp3) is 0.353. The second-order valence-corrected chi connectivity index (χ2v) is 8.05. The number of rotatable bonds is 5. The number of benzene rings is 1. The van der Waals surface area contributed by atoms with Gasteiger partial charge in [0.25, 0.3) is 0 Å². The third kappa shape index (κ3) is 5.90. The summed E-state index contributed by atoms with van der Waals surface area (Å²) < 4.78 is 30.9. The van der Waals surface area contributed by atoms with Crippen LogP contribution in [0, 0.1) is 0 Å². The lowest BCUT2D eigenvalue weighted by atomic mass is 10.1. The molecule has 1 aromatic heterocycles. The zero-order chi connectivity index (χ0) is 19.3. The molecule has 0 aliphatic carbocycles. The monoisotopic (exact) mass is 391 g/mol. The van der Waals surface area contributed by atoms with Crippen molar-refractivity contribution >= 4 is 21.7 Å². The highest BCUT2D eigenvalue weighted by Crippen LogP contribution is 2.22. The van der Waals surface area contributed by atoms with Crippen LogP contribution in [0.4, 0.5) is 10.5 Å². The second kappa shape index (κ2) is 8.31. The molecule has 10 heteroatoms. The molecule has 9 nitrogen and oxygen atoms in total. The Balaban J connectivity index is 1.61. The van der Waals surface area contributed by atoms with Crippen molar-refractivity contribution in [3.63, 3.8) is 0 Å². The van der Waals surface area contributed by atoms with Crippen LogP contribution in [0.3, 0.4) is 0 Å². The largest absolute Gasteiger partial charge is 0.424 e. The Kier molecular flexibility index (Phi) is 5.87. The second-order valence-electron chi connectivity index (χ2n) is 6.27. The fourth-order valence-electron chi connectivity index (χ4n) is 2.84. The van der Waals surface area contributed by atoms with Gasteiger partial charge in [0.1, 0.15) is 5.75 Å². The third-order valence-corrected chi connectivity index (χ3v) is 4.69. The zero-order valence-corrected chi connectivity index (χ0v) is 15.6. The summed E-state index contributed by atoms with van der Waals surface area (Å²) in [6, 6.07) is 8.24. The number of amides is 2. The van der Waals surface area contributed by atoms with Gasteiger partial charge in [0, 0.05) is 43.3 Å². The van der Waals surface area contributed by atoms with Gasteiger partial charge >= 0.3 is 12.0 Å². The lowest BCUT2D eigenvalue weighted by Gasteiger charge is -2.32. The molecule has 1 aromatic carbocycles. The molecule has 2 heterocycles. The number of aromatic nitrogens is 2. The molecule has 2 aromatic rings. The van der Waals surface area contributed by atoms with Crippen molar-refractivity contribution in [2.24, 2.45) is 0 Å². The number of anilines is 1. The van der Waals surface area contributed by atoms with Crippen LogP contribution in [0.1, 0.15) is 12.8 Å². The van der Waals surface area contributed by atoms with E-state index < -0.39 is 10.0 Å². The fourth-order valence-corrected chi connectivity index (χ4v) is 3.64. The topological polar surface area (TPSA) is 114 Å². The van der Waals surface area contributed by atoms with Gasteiger partial charge in [-0.2, -0.15) is 0 Å². The van der Waals surface area contributed by atoms with Crippen LogP contribution >= 0.6 is 0 Å². The van der Waals surface area contributed by atoms with Crippen molar-refractivity contribution in [3.05, 3.63) is 42.7 Å². The maximum atomic E-state index is 12.5. The average Bonchev–Trinajstić information content (AvgIpc) is 2.62. The highest BCUT2D eigenvalue weighted by Gasteiger charge is 2.25. The summed E-state index contributed by atoms with van der Waals surface area (Å²) >= 11 is 0. The Morgan fingerprint density at radius 3 is 2.78 bits per heavy atom. The van der Waals surface area contributed by atoms with E-state index in [2.05, 4.69) is 20.0 Å². The number of nitrogens with one attached hydrogen (secondary N) is 2. The number of sulfonamides is 1. The number of nitrogens with zero attached hydrogens (tertiary/aromatic N) is 3. The van der Waals surface area contributed by atoms with E-state index in [0.29, 0.717) is 30.9 Å². The number of hydrogen-bond acceptors (Lipinski definition) is 6. The van der Waals surface area contributed by atoms with E-state index in [0.717, 1.165) is 12.7 Å². The molecule has 1 saturated heterocycles. The van der Waals surface area contributed by atoms with E-state index in [9.17, 15) is 13.2 Å². The van der Waals surface area contributed by atoms with Crippen molar-refractivity contribution in [1.29, 1.82) is 0 Å². The van der Waals surface area contributed by atoms with E-state index in [-0.39, 0.29) is 18.1 Å². The van der Waals surface area contributed by atoms with Crippen LogP contribution in [0.25, 0.3) is 0 Å². The van der Waals surface area contributed by atoms with E-state index >= 15 is 0 Å². The van der Waals surface area contributed by atoms with Crippen molar-refractivity contribution in [2.45, 2.75) is 18.9 Å². The minimum absolute atomic E-state index is 0.215. The van der Waals surface area contributed by atoms with E-state index in [1.165, 1.54) is 0 Å². The number of piperidine rings is 1. The number of urea groups is 1. The van der Waals surface area contributed by atoms with Gasteiger partial charge in [0.15, 0.2) is 0 Å². The van der Waals surface area contributed by atoms with Crippen LogP contribution in [0.5, 0.6) is 11.8 Å². The predicted octanol–water partition coefficient (Wildman–Crippen LogP) is 1.81. The standard InChI is InChI=1S/C17H21N5O4S/c1-27(24,25)21-14-6-3-10-22(12-14)17(23)20-13-5-2-7-15(11-13)26-16-18-8-4-9-19-16/h2,4-5,7-9,11,14,21H,3,6,10,12H2,1H3,(H,20,23)/t14-/m1/s1. The molecule has 1 aliphatic rings. The molecule has 144 valence electrons. The van der Waals surface area contributed by atoms with E-state index in [4.69, 9.17) is 4.74 Å². The molecule has 0 saturated carbocycles. The summed E-state index contributed by atoms with van der Waals surface area (Å²) in [7, 11) is -3.30. The molecule has 0 bridgehead atoms. The number of ether oxygens (including phenoxy) is 1. The Bertz CT molecular complexity index is 891. The lowest BCUT2D eigenvalue weighted by molar-refractivity contribution is 0.190. The maximum absolute atomic E-state index is 12.5. The van der Waals surface area contributed by atoms with Crippen LogP contribution in [-0.2, 0) is 10.0 Å². The highest BCUT2D eigenvalue weighted by molar-refractivity contribution is 7.88. The third-order valence-electron chi connectivity index (χ3n) is 3.93. The minimum Gasteiger partial charge on any atom is -0.424 e. The molecule has 2 N–H and O–H groups in total. The Labute approximate surface area is 157 Å². The summed E-state index contributed by atoms with van der Waals surface area (Å²) in [5.74, 6) is 0.495. The van der Waals surface area contributed by atoms with Crippen LogP contribution < -0.4 is 14.8 Å². The summed E-state index contributed by atoms with van der Waals surface area (Å²) in [6.45, 7) is 0.898. The molecular formula is C17H21N5O4S. The van der Waals surface area contributed by atoms with Crippen LogP contribution in [0.2, 0.25) is 0 Å². The molecule has 0 spiro atoms. The first kappa shape index (κ1) is 19.1. The van der Waals surface area contributed by atoms with Gasteiger partial charge in [-0.15, -0.1) is 0 Å². The summed E-state index contributed by atoms with van der Waals surface area (Å²) in [5.41, 5.74) is 0.562. The highest BCUT2D eigenvalue weighted by atomic mass is 32.2. The maximum Gasteiger partial charge on any atom is 0.321 e. The number of carbonyl (C=O) groups is 1. The van der Waals surface area contributed by atoms with Crippen molar-refractivity contribution in [1.82, 2.24) is 19.6 Å². The number of hydrogen-bond donors (Lipinski definition) is 2. The molecule has 3 rings (SSSR count). The molecule has 0 unspecified atom stereocenters. The molecule has 1 aliphatic heterocycles. The van der Waals surface area contributed by atoms with Crippen molar-refractivity contribution in [2.75, 3.05) is 24.7 Å². The van der Waals surface area contributed by atoms with Crippen molar-refractivity contribution in [3.8, 4) is 11.8 Å². The SMILES string of the molecule is CS(=O)(=O)N[C@@H]1CCCN(C(=O)Nc2cccc(Oc3ncccn3)c2)C1.